The van der Waals surface area contributed by atoms with E-state index >= 15 is 0 Å². The molecular formula is C48H42N2+2. The Labute approximate surface area is 295 Å². The summed E-state index contributed by atoms with van der Waals surface area (Å²) in [5.41, 5.74) is 19.7. The summed E-state index contributed by atoms with van der Waals surface area (Å²) in [6, 6.07) is 44.1. The molecule has 2 nitrogen and oxygen atoms in total. The first kappa shape index (κ1) is 29.6. The molecule has 3 aliphatic rings. The van der Waals surface area contributed by atoms with Crippen LogP contribution in [0.5, 0.6) is 0 Å². The van der Waals surface area contributed by atoms with Crippen molar-refractivity contribution >= 4 is 10.8 Å². The summed E-state index contributed by atoms with van der Waals surface area (Å²) in [6.45, 7) is 16.5. The first-order valence-electron chi connectivity index (χ1n) is 18.0. The molecule has 0 saturated carbocycles. The van der Waals surface area contributed by atoms with E-state index in [2.05, 4.69) is 185 Å². The Morgan fingerprint density at radius 1 is 0.440 bits per heavy atom. The highest BCUT2D eigenvalue weighted by atomic mass is 15.4. The van der Waals surface area contributed by atoms with Crippen LogP contribution >= 0.6 is 0 Å². The molecule has 0 fully saturated rings. The lowest BCUT2D eigenvalue weighted by atomic mass is 9.77. The fourth-order valence-electron chi connectivity index (χ4n) is 9.46. The van der Waals surface area contributed by atoms with Crippen molar-refractivity contribution in [3.05, 3.63) is 155 Å². The second-order valence-electron chi connectivity index (χ2n) is 16.7. The van der Waals surface area contributed by atoms with E-state index in [0.29, 0.717) is 0 Å². The SMILES string of the molecule is CC(C)(C)c1ccc2c3c(ccc2c1)-c1cc2c(cc1C3(C)C)-c1cc3c(cc1-c1cccc[n+]1-[n+]1ccccc1-2)-c1ccccc1C3(C)C. The summed E-state index contributed by atoms with van der Waals surface area (Å²) in [5, 5.41) is 2.69. The predicted octanol–water partition coefficient (Wildman–Crippen LogP) is 11.0. The van der Waals surface area contributed by atoms with Crippen molar-refractivity contribution < 1.29 is 9.35 Å². The number of nitrogens with zero attached hydrogens (tertiary/aromatic N) is 2. The molecule has 2 aromatic heterocycles. The molecule has 2 heteroatoms. The van der Waals surface area contributed by atoms with Crippen molar-refractivity contribution in [1.29, 1.82) is 0 Å². The first-order chi connectivity index (χ1) is 23.9. The second-order valence-corrected chi connectivity index (χ2v) is 16.7. The van der Waals surface area contributed by atoms with Crippen LogP contribution in [0.15, 0.2) is 128 Å². The van der Waals surface area contributed by atoms with E-state index < -0.39 is 0 Å². The van der Waals surface area contributed by atoms with Gasteiger partial charge in [0, 0.05) is 35.1 Å². The number of pyridine rings is 2. The summed E-state index contributed by atoms with van der Waals surface area (Å²) in [7, 11) is 0. The van der Waals surface area contributed by atoms with Gasteiger partial charge in [0.05, 0.1) is 20.5 Å². The smallest absolute Gasteiger partial charge is 0.0619 e. The highest BCUT2D eigenvalue weighted by molar-refractivity contribution is 6.02. The molecule has 242 valence electrons. The predicted molar refractivity (Wildman–Crippen MR) is 205 cm³/mol. The average Bonchev–Trinajstić information content (AvgIpc) is 3.48. The summed E-state index contributed by atoms with van der Waals surface area (Å²) < 4.78 is 4.64. The maximum absolute atomic E-state index is 2.55. The molecule has 0 bridgehead atoms. The number of hydrogen-bond acceptors (Lipinski definition) is 0. The number of rotatable bonds is 0. The summed E-state index contributed by atoms with van der Waals surface area (Å²) in [6.07, 6.45) is 4.40. The lowest BCUT2D eigenvalue weighted by molar-refractivity contribution is -1.29. The summed E-state index contributed by atoms with van der Waals surface area (Å²) in [4.78, 5) is 0. The van der Waals surface area contributed by atoms with Crippen molar-refractivity contribution in [3.63, 3.8) is 0 Å². The summed E-state index contributed by atoms with van der Waals surface area (Å²) in [5.74, 6) is 0. The molecule has 0 spiro atoms. The van der Waals surface area contributed by atoms with Gasteiger partial charge in [-0.1, -0.05) is 103 Å². The maximum Gasteiger partial charge on any atom is 0.284 e. The van der Waals surface area contributed by atoms with Crippen molar-refractivity contribution in [2.24, 2.45) is 0 Å². The molecule has 2 aliphatic carbocycles. The second kappa shape index (κ2) is 9.67. The lowest BCUT2D eigenvalue weighted by Gasteiger charge is -2.26. The van der Waals surface area contributed by atoms with Gasteiger partial charge in [-0.15, -0.1) is 0 Å². The normalized spacial score (nSPS) is 15.4. The van der Waals surface area contributed by atoms with Crippen LogP contribution in [0.25, 0.3) is 66.7 Å². The van der Waals surface area contributed by atoms with Gasteiger partial charge in [-0.25, -0.2) is 0 Å². The van der Waals surface area contributed by atoms with Crippen molar-refractivity contribution in [2.45, 2.75) is 64.7 Å². The zero-order valence-corrected chi connectivity index (χ0v) is 30.0. The standard InChI is InChI=1S/C48H42N2/c1-46(2,3)30-19-21-31-29(24-30)18-20-33-37-26-39-35(28-42(37)48(6,7)45(31)33)34-27-41-36(32-14-8-9-15-40(32)47(41,4)5)25-38(34)43-16-10-12-22-49(43)50-23-13-11-17-44(39)50/h8-28H,1-7H3/q+2. The van der Waals surface area contributed by atoms with Gasteiger partial charge in [0.25, 0.3) is 11.4 Å². The molecule has 0 radical (unpaired) electrons. The van der Waals surface area contributed by atoms with Crippen LogP contribution in [0.3, 0.4) is 0 Å². The van der Waals surface area contributed by atoms with Crippen LogP contribution in [-0.4, -0.2) is 0 Å². The van der Waals surface area contributed by atoms with Crippen LogP contribution in [-0.2, 0) is 16.2 Å². The van der Waals surface area contributed by atoms with Gasteiger partial charge in [0.1, 0.15) is 0 Å². The molecule has 1 aliphatic heterocycles. The van der Waals surface area contributed by atoms with Crippen LogP contribution in [0.1, 0.15) is 76.3 Å². The quantitative estimate of drug-likeness (QED) is 0.145. The molecule has 0 saturated heterocycles. The zero-order valence-electron chi connectivity index (χ0n) is 30.0. The van der Waals surface area contributed by atoms with Crippen molar-refractivity contribution in [1.82, 2.24) is 0 Å². The van der Waals surface area contributed by atoms with Gasteiger partial charge in [-0.05, 0) is 114 Å². The van der Waals surface area contributed by atoms with Crippen LogP contribution in [0.2, 0.25) is 0 Å². The third kappa shape index (κ3) is 3.80. The maximum atomic E-state index is 2.55. The fraction of sp³-hybridized carbons (Fsp3) is 0.208. The third-order valence-corrected chi connectivity index (χ3v) is 12.1. The number of fused-ring (bicyclic) bond motifs is 16. The molecule has 10 rings (SSSR count). The van der Waals surface area contributed by atoms with E-state index in [1.54, 1.807) is 0 Å². The van der Waals surface area contributed by atoms with E-state index in [-0.39, 0.29) is 16.2 Å². The lowest BCUT2D eigenvalue weighted by Crippen LogP contribution is -2.68. The van der Waals surface area contributed by atoms with Gasteiger partial charge in [-0.2, -0.15) is 0 Å². The largest absolute Gasteiger partial charge is 0.284 e. The van der Waals surface area contributed by atoms with E-state index in [1.807, 2.05) is 0 Å². The van der Waals surface area contributed by atoms with E-state index in [1.165, 1.54) is 94.5 Å². The monoisotopic (exact) mass is 646 g/mol. The topological polar surface area (TPSA) is 7.76 Å². The summed E-state index contributed by atoms with van der Waals surface area (Å²) >= 11 is 0. The Hall–Kier alpha value is -5.34. The molecule has 50 heavy (non-hydrogen) atoms. The van der Waals surface area contributed by atoms with Gasteiger partial charge < -0.3 is 0 Å². The molecule has 0 atom stereocenters. The molecule has 0 N–H and O–H groups in total. The van der Waals surface area contributed by atoms with Gasteiger partial charge in [-0.3, -0.25) is 0 Å². The van der Waals surface area contributed by atoms with Crippen molar-refractivity contribution in [2.75, 3.05) is 0 Å². The molecule has 0 amide bonds. The van der Waals surface area contributed by atoms with Gasteiger partial charge >= 0.3 is 0 Å². The van der Waals surface area contributed by atoms with Crippen LogP contribution in [0.4, 0.5) is 0 Å². The van der Waals surface area contributed by atoms with Crippen LogP contribution in [0, 0.1) is 0 Å². The van der Waals surface area contributed by atoms with Crippen LogP contribution < -0.4 is 9.35 Å². The molecule has 3 heterocycles. The highest BCUT2D eigenvalue weighted by Gasteiger charge is 2.43. The average molecular weight is 647 g/mol. The minimum absolute atomic E-state index is 0.0974. The molecule has 5 aromatic carbocycles. The fourth-order valence-corrected chi connectivity index (χ4v) is 9.46. The third-order valence-electron chi connectivity index (χ3n) is 12.1. The molecule has 0 unspecified atom stereocenters. The Morgan fingerprint density at radius 2 is 1.02 bits per heavy atom. The Balaban J connectivity index is 1.31. The van der Waals surface area contributed by atoms with Crippen molar-refractivity contribution in [3.8, 4) is 55.9 Å². The van der Waals surface area contributed by atoms with E-state index in [0.717, 1.165) is 0 Å². The van der Waals surface area contributed by atoms with E-state index in [9.17, 15) is 0 Å². The molecular weight excluding hydrogens is 605 g/mol. The number of aromatic nitrogens is 2. The first-order valence-corrected chi connectivity index (χ1v) is 18.0. The van der Waals surface area contributed by atoms with E-state index in [4.69, 9.17) is 0 Å². The van der Waals surface area contributed by atoms with Gasteiger partial charge in [0.15, 0.2) is 0 Å². The number of hydrogen-bond donors (Lipinski definition) is 0. The Morgan fingerprint density at radius 3 is 1.66 bits per heavy atom. The highest BCUT2D eigenvalue weighted by Crippen LogP contribution is 2.56. The number of benzene rings is 5. The Bertz CT molecular complexity index is 2630. The Kier molecular flexibility index (Phi) is 5.72. The minimum Gasteiger partial charge on any atom is -0.0619 e. The molecule has 7 aromatic rings. The van der Waals surface area contributed by atoms with Gasteiger partial charge in [0.2, 0.25) is 12.4 Å². The minimum atomic E-state index is -0.170. The zero-order chi connectivity index (χ0) is 34.3.